The Hall–Kier alpha value is -3.92. The van der Waals surface area contributed by atoms with Crippen LogP contribution >= 0.6 is 11.6 Å². The van der Waals surface area contributed by atoms with Crippen molar-refractivity contribution in [2.45, 2.75) is 78.4 Å². The number of aryl methyl sites for hydroxylation is 3. The van der Waals surface area contributed by atoms with E-state index in [9.17, 15) is 9.18 Å². The number of nitrogens with one attached hydrogen (secondary N) is 1. The van der Waals surface area contributed by atoms with Crippen molar-refractivity contribution in [1.29, 1.82) is 0 Å². The highest BCUT2D eigenvalue weighted by Crippen LogP contribution is 2.43. The highest BCUT2D eigenvalue weighted by molar-refractivity contribution is 6.35. The summed E-state index contributed by atoms with van der Waals surface area (Å²) in [6.45, 7) is 13.8. The Labute approximate surface area is 311 Å². The molecule has 1 N–H and O–H groups in total. The maximum absolute atomic E-state index is 14.7. The van der Waals surface area contributed by atoms with Crippen LogP contribution in [0.1, 0.15) is 73.4 Å². The first-order chi connectivity index (χ1) is 25.0. The van der Waals surface area contributed by atoms with Crippen molar-refractivity contribution < 1.29 is 18.7 Å². The molecule has 0 amide bonds. The van der Waals surface area contributed by atoms with E-state index in [0.717, 1.165) is 101 Å². The molecule has 0 atom stereocenters. The molecule has 1 aliphatic heterocycles. The van der Waals surface area contributed by atoms with Gasteiger partial charge < -0.3 is 19.4 Å². The van der Waals surface area contributed by atoms with E-state index in [2.05, 4.69) is 27.8 Å². The van der Waals surface area contributed by atoms with E-state index < -0.39 is 5.60 Å². The molecule has 2 aliphatic rings. The van der Waals surface area contributed by atoms with Gasteiger partial charge in [0.25, 0.3) is 0 Å². The summed E-state index contributed by atoms with van der Waals surface area (Å²) in [5, 5.41) is 11.5. The molecule has 1 aliphatic carbocycles. The number of halogens is 2. The summed E-state index contributed by atoms with van der Waals surface area (Å²) >= 11 is 7.16. The van der Waals surface area contributed by atoms with E-state index >= 15 is 0 Å². The van der Waals surface area contributed by atoms with E-state index in [0.29, 0.717) is 42.5 Å². The summed E-state index contributed by atoms with van der Waals surface area (Å²) in [4.78, 5) is 17.2. The molecule has 2 aromatic heterocycles. The first-order valence-electron chi connectivity index (χ1n) is 18.8. The quantitative estimate of drug-likeness (QED) is 0.0912. The maximum atomic E-state index is 14.7. The minimum atomic E-state index is -0.606. The predicted octanol–water partition coefficient (Wildman–Crippen LogP) is 8.65. The molecule has 8 nitrogen and oxygen atoms in total. The zero-order chi connectivity index (χ0) is 36.6. The minimum absolute atomic E-state index is 0.274. The van der Waals surface area contributed by atoms with Crippen molar-refractivity contribution in [2.75, 3.05) is 39.3 Å². The van der Waals surface area contributed by atoms with Gasteiger partial charge in [-0.25, -0.2) is 9.18 Å². The number of hydrogen-bond donors (Lipinski definition) is 1. The average Bonchev–Trinajstić information content (AvgIpc) is 3.85. The van der Waals surface area contributed by atoms with Gasteiger partial charge in [0, 0.05) is 73.9 Å². The molecule has 2 fully saturated rings. The number of piperazine rings is 1. The highest BCUT2D eigenvalue weighted by Gasteiger charge is 2.33. The van der Waals surface area contributed by atoms with Crippen molar-refractivity contribution in [2.24, 2.45) is 13.0 Å². The average molecular weight is 728 g/mol. The SMILES string of the molecule is Cc1nn(C)c(C)c1-c1c(Cl)ccc2c(CCCOc3cccc4cc(F)ccc34)c(C(=O)OC(C)(C)CCC3CC3)n(CCN3CCNCC3)c12. The highest BCUT2D eigenvalue weighted by atomic mass is 35.5. The number of benzene rings is 3. The Morgan fingerprint density at radius 2 is 1.81 bits per heavy atom. The molecule has 0 bridgehead atoms. The predicted molar refractivity (Wildman–Crippen MR) is 207 cm³/mol. The number of fused-ring (bicyclic) bond motifs is 2. The van der Waals surface area contributed by atoms with Gasteiger partial charge in [-0.2, -0.15) is 5.10 Å². The smallest absolute Gasteiger partial charge is 0.355 e. The molecule has 0 radical (unpaired) electrons. The number of nitrogens with zero attached hydrogens (tertiary/aromatic N) is 4. The number of aromatic nitrogens is 3. The first-order valence-corrected chi connectivity index (χ1v) is 19.2. The summed E-state index contributed by atoms with van der Waals surface area (Å²) in [6, 6.07) is 14.5. The minimum Gasteiger partial charge on any atom is -0.493 e. The van der Waals surface area contributed by atoms with Crippen LogP contribution in [-0.2, 0) is 24.8 Å². The Bertz CT molecular complexity index is 2090. The maximum Gasteiger partial charge on any atom is 0.355 e. The Morgan fingerprint density at radius 1 is 1.04 bits per heavy atom. The molecule has 5 aromatic rings. The van der Waals surface area contributed by atoms with Gasteiger partial charge in [-0.1, -0.05) is 42.6 Å². The van der Waals surface area contributed by atoms with Gasteiger partial charge in [-0.15, -0.1) is 0 Å². The monoisotopic (exact) mass is 727 g/mol. The fourth-order valence-electron chi connectivity index (χ4n) is 7.84. The third-order valence-electron chi connectivity index (χ3n) is 10.9. The van der Waals surface area contributed by atoms with Gasteiger partial charge in [0.15, 0.2) is 0 Å². The first kappa shape index (κ1) is 36.4. The Morgan fingerprint density at radius 3 is 2.54 bits per heavy atom. The fourth-order valence-corrected chi connectivity index (χ4v) is 8.09. The summed E-state index contributed by atoms with van der Waals surface area (Å²) in [7, 11) is 1.95. The zero-order valence-electron chi connectivity index (χ0n) is 31.2. The molecule has 0 spiro atoms. The lowest BCUT2D eigenvalue weighted by molar-refractivity contribution is -0.00708. The summed E-state index contributed by atoms with van der Waals surface area (Å²) in [5.74, 6) is 0.885. The number of rotatable bonds is 14. The topological polar surface area (TPSA) is 73.6 Å². The molecule has 1 saturated heterocycles. The third-order valence-corrected chi connectivity index (χ3v) is 11.2. The van der Waals surface area contributed by atoms with Crippen LogP contribution in [-0.4, -0.2) is 70.1 Å². The van der Waals surface area contributed by atoms with Crippen LogP contribution in [0.3, 0.4) is 0 Å². The normalized spacial score (nSPS) is 15.5. The summed E-state index contributed by atoms with van der Waals surface area (Å²) < 4.78 is 30.8. The molecule has 0 unspecified atom stereocenters. The second kappa shape index (κ2) is 15.2. The molecule has 3 heterocycles. The van der Waals surface area contributed by atoms with Gasteiger partial charge in [0.1, 0.15) is 22.9 Å². The van der Waals surface area contributed by atoms with Crippen molar-refractivity contribution in [1.82, 2.24) is 24.6 Å². The van der Waals surface area contributed by atoms with Crippen molar-refractivity contribution in [3.63, 3.8) is 0 Å². The van der Waals surface area contributed by atoms with E-state index in [1.807, 2.05) is 56.8 Å². The molecule has 1 saturated carbocycles. The number of carbonyl (C=O) groups excluding carboxylic acids is 1. The lowest BCUT2D eigenvalue weighted by Crippen LogP contribution is -2.44. The molecule has 52 heavy (non-hydrogen) atoms. The van der Waals surface area contributed by atoms with E-state index in [-0.39, 0.29) is 11.8 Å². The van der Waals surface area contributed by atoms with Crippen LogP contribution in [0.5, 0.6) is 5.75 Å². The number of esters is 1. The van der Waals surface area contributed by atoms with Gasteiger partial charge >= 0.3 is 5.97 Å². The van der Waals surface area contributed by atoms with Gasteiger partial charge in [-0.05, 0) is 101 Å². The van der Waals surface area contributed by atoms with E-state index in [1.165, 1.54) is 25.0 Å². The van der Waals surface area contributed by atoms with Crippen LogP contribution < -0.4 is 10.1 Å². The lowest BCUT2D eigenvalue weighted by Gasteiger charge is -2.28. The van der Waals surface area contributed by atoms with Crippen LogP contribution in [0.25, 0.3) is 32.8 Å². The van der Waals surface area contributed by atoms with Crippen LogP contribution in [0.4, 0.5) is 4.39 Å². The molecule has 10 heteroatoms. The lowest BCUT2D eigenvalue weighted by atomic mass is 9.98. The van der Waals surface area contributed by atoms with Gasteiger partial charge in [0.05, 0.1) is 22.8 Å². The Balaban J connectivity index is 1.30. The number of hydrogen-bond acceptors (Lipinski definition) is 6. The molecule has 7 rings (SSSR count). The van der Waals surface area contributed by atoms with Crippen molar-refractivity contribution in [3.05, 3.63) is 82.0 Å². The largest absolute Gasteiger partial charge is 0.493 e. The zero-order valence-corrected chi connectivity index (χ0v) is 31.9. The second-order valence-electron chi connectivity index (χ2n) is 15.3. The van der Waals surface area contributed by atoms with E-state index in [4.69, 9.17) is 26.2 Å². The third kappa shape index (κ3) is 7.73. The number of ether oxygens (including phenoxy) is 2. The fraction of sp³-hybridized carbons (Fsp3) is 0.476. The van der Waals surface area contributed by atoms with Crippen LogP contribution in [0.15, 0.2) is 48.5 Å². The molecule has 3 aromatic carbocycles. The molecular weight excluding hydrogens is 677 g/mol. The van der Waals surface area contributed by atoms with E-state index in [1.54, 1.807) is 6.07 Å². The molecular formula is C42H51ClFN5O3. The number of carbonyl (C=O) groups is 1. The summed E-state index contributed by atoms with van der Waals surface area (Å²) in [6.07, 6.45) is 5.67. The van der Waals surface area contributed by atoms with Gasteiger partial charge in [-0.3, -0.25) is 9.58 Å². The summed E-state index contributed by atoms with van der Waals surface area (Å²) in [5.41, 5.74) is 5.66. The van der Waals surface area contributed by atoms with Crippen molar-refractivity contribution in [3.8, 4) is 16.9 Å². The van der Waals surface area contributed by atoms with Crippen LogP contribution in [0.2, 0.25) is 5.02 Å². The second-order valence-corrected chi connectivity index (χ2v) is 15.7. The molecule has 276 valence electrons. The Kier molecular flexibility index (Phi) is 10.7. The standard InChI is InChI=1S/C42H51ClFN5O3/c1-27-37(28(2)47(5)46-27)38-35(43)16-15-34-33(9-7-25-51-36-10-6-8-30-26-31(44)13-14-32(30)36)40(41(50)52-42(3,4)18-17-29-11-12-29)49(39(34)38)24-23-48-21-19-45-20-22-48/h6,8,10,13-16,26,29,45H,7,9,11-12,17-25H2,1-5H3. The van der Waals surface area contributed by atoms with Crippen LogP contribution in [0, 0.1) is 25.6 Å². The van der Waals surface area contributed by atoms with Gasteiger partial charge in [0.2, 0.25) is 0 Å². The van der Waals surface area contributed by atoms with Crippen molar-refractivity contribution >= 4 is 39.2 Å².